The third-order valence-electron chi connectivity index (χ3n) is 4.04. The number of nitrogens with zero attached hydrogens (tertiary/aromatic N) is 3. The van der Waals surface area contributed by atoms with Gasteiger partial charge in [0.1, 0.15) is 6.61 Å². The smallest absolute Gasteiger partial charge is 0.339 e. The fourth-order valence-corrected chi connectivity index (χ4v) is 4.22. The maximum absolute atomic E-state index is 12.6. The maximum atomic E-state index is 12.6. The van der Waals surface area contributed by atoms with Crippen molar-refractivity contribution >= 4 is 29.1 Å². The molecule has 5 nitrogen and oxygen atoms in total. The Hall–Kier alpha value is -2.90. The van der Waals surface area contributed by atoms with Crippen LogP contribution in [0.1, 0.15) is 21.6 Å². The molecule has 0 saturated carbocycles. The molecule has 0 radical (unpaired) electrons. The van der Waals surface area contributed by atoms with Crippen LogP contribution < -0.4 is 0 Å². The molecule has 0 unspecified atom stereocenters. The van der Waals surface area contributed by atoms with Crippen LogP contribution >= 0.6 is 23.1 Å². The zero-order chi connectivity index (χ0) is 19.2. The summed E-state index contributed by atoms with van der Waals surface area (Å²) >= 11 is 3.16. The number of rotatable bonds is 7. The highest BCUT2D eigenvalue weighted by molar-refractivity contribution is 7.98. The van der Waals surface area contributed by atoms with Gasteiger partial charge in [-0.1, -0.05) is 24.3 Å². The molecule has 2 aromatic carbocycles. The van der Waals surface area contributed by atoms with E-state index in [2.05, 4.69) is 10.1 Å². The van der Waals surface area contributed by atoms with Crippen molar-refractivity contribution in [3.05, 3.63) is 94.7 Å². The summed E-state index contributed by atoms with van der Waals surface area (Å²) in [6, 6.07) is 17.2. The van der Waals surface area contributed by atoms with Gasteiger partial charge in [-0.25, -0.2) is 14.5 Å². The Kier molecular flexibility index (Phi) is 5.84. The zero-order valence-electron chi connectivity index (χ0n) is 14.9. The molecule has 4 rings (SSSR count). The van der Waals surface area contributed by atoms with Crippen molar-refractivity contribution in [1.82, 2.24) is 14.8 Å². The number of hydrogen-bond acceptors (Lipinski definition) is 6. The molecule has 0 aliphatic rings. The number of thiazole rings is 1. The molecule has 0 amide bonds. The molecule has 0 fully saturated rings. The highest BCUT2D eigenvalue weighted by Gasteiger charge is 2.13. The van der Waals surface area contributed by atoms with Crippen LogP contribution in [-0.2, 0) is 17.1 Å². The molecule has 4 aromatic rings. The van der Waals surface area contributed by atoms with Gasteiger partial charge in [-0.15, -0.1) is 23.1 Å². The Balaban J connectivity index is 1.38. The predicted octanol–water partition coefficient (Wildman–Crippen LogP) is 4.98. The molecule has 0 N–H and O–H groups in total. The molecule has 28 heavy (non-hydrogen) atoms. The highest BCUT2D eigenvalue weighted by Crippen LogP contribution is 2.27. The number of thioether (sulfide) groups is 1. The fraction of sp³-hybridized carbons (Fsp3) is 0.0952. The SMILES string of the molecule is O=C(OCc1ccc(-n2cccn2)cc1)c1ccccc1SCc1cscn1. The van der Waals surface area contributed by atoms with Crippen molar-refractivity contribution in [3.63, 3.8) is 0 Å². The molecule has 2 aromatic heterocycles. The average molecular weight is 408 g/mol. The lowest BCUT2D eigenvalue weighted by Gasteiger charge is -2.09. The van der Waals surface area contributed by atoms with E-state index in [-0.39, 0.29) is 12.6 Å². The van der Waals surface area contributed by atoms with E-state index >= 15 is 0 Å². The van der Waals surface area contributed by atoms with Gasteiger partial charge in [-0.2, -0.15) is 5.10 Å². The molecule has 0 atom stereocenters. The van der Waals surface area contributed by atoms with Crippen LogP contribution in [0.2, 0.25) is 0 Å². The summed E-state index contributed by atoms with van der Waals surface area (Å²) in [6.07, 6.45) is 3.62. The summed E-state index contributed by atoms with van der Waals surface area (Å²) in [5.41, 5.74) is 5.29. The first-order chi connectivity index (χ1) is 13.8. The van der Waals surface area contributed by atoms with Gasteiger partial charge in [0.2, 0.25) is 0 Å². The van der Waals surface area contributed by atoms with Gasteiger partial charge in [0.05, 0.1) is 22.5 Å². The normalized spacial score (nSPS) is 10.7. The van der Waals surface area contributed by atoms with Gasteiger partial charge in [-0.3, -0.25) is 0 Å². The van der Waals surface area contributed by atoms with E-state index in [4.69, 9.17) is 4.74 Å². The topological polar surface area (TPSA) is 57.0 Å². The van der Waals surface area contributed by atoms with Crippen molar-refractivity contribution in [2.45, 2.75) is 17.3 Å². The average Bonchev–Trinajstić information content (AvgIpc) is 3.45. The molecule has 0 spiro atoms. The molecule has 0 aliphatic carbocycles. The lowest BCUT2D eigenvalue weighted by molar-refractivity contribution is 0.0468. The summed E-state index contributed by atoms with van der Waals surface area (Å²) < 4.78 is 7.32. The minimum Gasteiger partial charge on any atom is -0.457 e. The molecular weight excluding hydrogens is 390 g/mol. The van der Waals surface area contributed by atoms with Crippen LogP contribution in [0.15, 0.2) is 82.8 Å². The molecule has 0 bridgehead atoms. The van der Waals surface area contributed by atoms with Gasteiger partial charge < -0.3 is 4.74 Å². The lowest BCUT2D eigenvalue weighted by Crippen LogP contribution is -2.07. The van der Waals surface area contributed by atoms with Gasteiger partial charge in [0.15, 0.2) is 0 Å². The van der Waals surface area contributed by atoms with Gasteiger partial charge >= 0.3 is 5.97 Å². The number of ether oxygens (including phenoxy) is 1. The van der Waals surface area contributed by atoms with Crippen molar-refractivity contribution in [2.24, 2.45) is 0 Å². The fourth-order valence-electron chi connectivity index (χ4n) is 2.61. The first kappa shape index (κ1) is 18.5. The van der Waals surface area contributed by atoms with Crippen LogP contribution in [0.4, 0.5) is 0 Å². The van der Waals surface area contributed by atoms with Gasteiger partial charge in [0.25, 0.3) is 0 Å². The number of aromatic nitrogens is 3. The Morgan fingerprint density at radius 1 is 1.11 bits per heavy atom. The predicted molar refractivity (Wildman–Crippen MR) is 111 cm³/mol. The second kappa shape index (κ2) is 8.86. The Bertz CT molecular complexity index is 1030. The molecular formula is C21H17N3O2S2. The van der Waals surface area contributed by atoms with Crippen molar-refractivity contribution in [1.29, 1.82) is 0 Å². The Labute approximate surface area is 171 Å². The quantitative estimate of drug-likeness (QED) is 0.319. The van der Waals surface area contributed by atoms with E-state index < -0.39 is 0 Å². The zero-order valence-corrected chi connectivity index (χ0v) is 16.5. The van der Waals surface area contributed by atoms with Crippen LogP contribution in [0.3, 0.4) is 0 Å². The third kappa shape index (κ3) is 4.49. The van der Waals surface area contributed by atoms with Crippen molar-refractivity contribution in [3.8, 4) is 5.69 Å². The van der Waals surface area contributed by atoms with E-state index in [1.165, 1.54) is 0 Å². The van der Waals surface area contributed by atoms with Crippen LogP contribution in [0.25, 0.3) is 5.69 Å². The highest BCUT2D eigenvalue weighted by atomic mass is 32.2. The molecule has 7 heteroatoms. The summed E-state index contributed by atoms with van der Waals surface area (Å²) in [5, 5.41) is 6.22. The van der Waals surface area contributed by atoms with E-state index in [0.29, 0.717) is 5.56 Å². The van der Waals surface area contributed by atoms with Crippen LogP contribution in [-0.4, -0.2) is 20.7 Å². The monoisotopic (exact) mass is 407 g/mol. The summed E-state index contributed by atoms with van der Waals surface area (Å²) in [5.74, 6) is 0.403. The Morgan fingerprint density at radius 2 is 1.96 bits per heavy atom. The number of esters is 1. The standard InChI is InChI=1S/C21H17N3O2S2/c25-21(19-4-1-2-5-20(19)28-14-17-13-27-15-22-17)26-12-16-6-8-18(9-7-16)24-11-3-10-23-24/h1-11,13,15H,12,14H2. The summed E-state index contributed by atoms with van der Waals surface area (Å²) in [6.45, 7) is 0.226. The summed E-state index contributed by atoms with van der Waals surface area (Å²) in [4.78, 5) is 17.8. The van der Waals surface area contributed by atoms with Crippen LogP contribution in [0, 0.1) is 0 Å². The number of carbonyl (C=O) groups is 1. The first-order valence-corrected chi connectivity index (χ1v) is 10.6. The largest absolute Gasteiger partial charge is 0.457 e. The van der Waals surface area contributed by atoms with Crippen molar-refractivity contribution < 1.29 is 9.53 Å². The first-order valence-electron chi connectivity index (χ1n) is 8.64. The lowest BCUT2D eigenvalue weighted by atomic mass is 10.2. The molecule has 2 heterocycles. The number of carbonyl (C=O) groups excluding carboxylic acids is 1. The second-order valence-electron chi connectivity index (χ2n) is 5.96. The number of hydrogen-bond donors (Lipinski definition) is 0. The third-order valence-corrected chi connectivity index (χ3v) is 5.78. The van der Waals surface area contributed by atoms with Gasteiger partial charge in [-0.05, 0) is 35.9 Å². The second-order valence-corrected chi connectivity index (χ2v) is 7.69. The summed E-state index contributed by atoms with van der Waals surface area (Å²) in [7, 11) is 0. The van der Waals surface area contributed by atoms with E-state index in [1.807, 2.05) is 65.6 Å². The Morgan fingerprint density at radius 3 is 2.71 bits per heavy atom. The maximum Gasteiger partial charge on any atom is 0.339 e. The van der Waals surface area contributed by atoms with Crippen LogP contribution in [0.5, 0.6) is 0 Å². The molecule has 140 valence electrons. The van der Waals surface area contributed by atoms with Gasteiger partial charge in [0, 0.05) is 28.4 Å². The van der Waals surface area contributed by atoms with E-state index in [0.717, 1.165) is 27.6 Å². The van der Waals surface area contributed by atoms with E-state index in [9.17, 15) is 4.79 Å². The minimum atomic E-state index is -0.322. The number of benzene rings is 2. The van der Waals surface area contributed by atoms with E-state index in [1.54, 1.807) is 40.0 Å². The molecule has 0 saturated heterocycles. The molecule has 0 aliphatic heterocycles. The minimum absolute atomic E-state index is 0.226. The van der Waals surface area contributed by atoms with Crippen molar-refractivity contribution in [2.75, 3.05) is 0 Å².